The van der Waals surface area contributed by atoms with Crippen molar-refractivity contribution in [1.29, 1.82) is 0 Å². The first-order valence-electron chi connectivity index (χ1n) is 6.83. The van der Waals surface area contributed by atoms with E-state index in [9.17, 15) is 0 Å². The Morgan fingerprint density at radius 2 is 2.10 bits per heavy atom. The van der Waals surface area contributed by atoms with Crippen LogP contribution in [0.2, 0.25) is 0 Å². The molecule has 0 fully saturated rings. The van der Waals surface area contributed by atoms with E-state index in [1.54, 1.807) is 6.20 Å². The van der Waals surface area contributed by atoms with E-state index in [1.165, 1.54) is 0 Å². The van der Waals surface area contributed by atoms with Crippen LogP contribution in [-0.2, 0) is 7.05 Å². The number of hydrogen-bond acceptors (Lipinski definition) is 4. The number of aromatic nitrogens is 4. The molecule has 0 atom stereocenters. The van der Waals surface area contributed by atoms with Crippen molar-refractivity contribution in [2.75, 3.05) is 11.9 Å². The van der Waals surface area contributed by atoms with Crippen molar-refractivity contribution >= 4 is 21.7 Å². The van der Waals surface area contributed by atoms with Gasteiger partial charge in [-0.15, -0.1) is 0 Å². The van der Waals surface area contributed by atoms with Gasteiger partial charge < -0.3 is 9.88 Å². The molecule has 20 heavy (non-hydrogen) atoms. The number of aryl methyl sites for hydroxylation is 1. The molecule has 6 heteroatoms. The molecular weight excluding hydrogens is 318 g/mol. The van der Waals surface area contributed by atoms with Crippen molar-refractivity contribution in [2.24, 2.45) is 7.05 Å². The molecule has 0 bridgehead atoms. The Kier molecular flexibility index (Phi) is 4.75. The number of hydrogen-bond donors (Lipinski definition) is 1. The maximum atomic E-state index is 4.66. The summed E-state index contributed by atoms with van der Waals surface area (Å²) in [7, 11) is 1.95. The van der Waals surface area contributed by atoms with Crippen LogP contribution in [0.1, 0.15) is 38.8 Å². The average Bonchev–Trinajstić information content (AvgIpc) is 2.83. The van der Waals surface area contributed by atoms with Crippen LogP contribution in [0.25, 0.3) is 11.6 Å². The fourth-order valence-electron chi connectivity index (χ4n) is 1.89. The van der Waals surface area contributed by atoms with Gasteiger partial charge in [0.2, 0.25) is 0 Å². The van der Waals surface area contributed by atoms with Gasteiger partial charge in [0.25, 0.3) is 0 Å². The third-order valence-corrected chi connectivity index (χ3v) is 3.77. The normalized spacial score (nSPS) is 11.1. The molecule has 2 aromatic rings. The highest BCUT2D eigenvalue weighted by Crippen LogP contribution is 2.30. The second kappa shape index (κ2) is 6.35. The monoisotopic (exact) mass is 337 g/mol. The molecule has 0 aliphatic rings. The lowest BCUT2D eigenvalue weighted by Gasteiger charge is -2.14. The minimum Gasteiger partial charge on any atom is -0.369 e. The standard InChI is InChI=1S/C14H20BrN5/c1-5-6-16-12-10(15)11(9(2)3)18-13(19-12)14-17-7-8-20(14)4/h7-9H,5-6H2,1-4H3,(H,16,18,19). The highest BCUT2D eigenvalue weighted by Gasteiger charge is 2.17. The van der Waals surface area contributed by atoms with Gasteiger partial charge in [-0.2, -0.15) is 0 Å². The van der Waals surface area contributed by atoms with Gasteiger partial charge >= 0.3 is 0 Å². The molecule has 0 saturated carbocycles. The van der Waals surface area contributed by atoms with Gasteiger partial charge in [0.05, 0.1) is 10.2 Å². The van der Waals surface area contributed by atoms with Gasteiger partial charge in [-0.3, -0.25) is 0 Å². The molecule has 0 spiro atoms. The summed E-state index contributed by atoms with van der Waals surface area (Å²) in [6.07, 6.45) is 4.70. The maximum Gasteiger partial charge on any atom is 0.198 e. The van der Waals surface area contributed by atoms with E-state index >= 15 is 0 Å². The third kappa shape index (κ3) is 3.00. The third-order valence-electron chi connectivity index (χ3n) is 2.99. The predicted octanol–water partition coefficient (Wildman–Crippen LogP) is 3.58. The molecule has 0 saturated heterocycles. The number of halogens is 1. The van der Waals surface area contributed by atoms with Crippen LogP contribution in [0.3, 0.4) is 0 Å². The van der Waals surface area contributed by atoms with E-state index in [0.29, 0.717) is 11.7 Å². The summed E-state index contributed by atoms with van der Waals surface area (Å²) in [6, 6.07) is 0. The van der Waals surface area contributed by atoms with Crippen molar-refractivity contribution < 1.29 is 0 Å². The Hall–Kier alpha value is -1.43. The number of rotatable bonds is 5. The summed E-state index contributed by atoms with van der Waals surface area (Å²) in [5.74, 6) is 2.58. The zero-order valence-corrected chi connectivity index (χ0v) is 13.9. The summed E-state index contributed by atoms with van der Waals surface area (Å²) < 4.78 is 2.87. The lowest BCUT2D eigenvalue weighted by molar-refractivity contribution is 0.801. The van der Waals surface area contributed by atoms with E-state index in [2.05, 4.69) is 57.0 Å². The lowest BCUT2D eigenvalue weighted by atomic mass is 10.1. The molecule has 5 nitrogen and oxygen atoms in total. The topological polar surface area (TPSA) is 55.6 Å². The van der Waals surface area contributed by atoms with Crippen molar-refractivity contribution in [3.63, 3.8) is 0 Å². The van der Waals surface area contributed by atoms with Gasteiger partial charge in [0, 0.05) is 26.0 Å². The van der Waals surface area contributed by atoms with Crippen molar-refractivity contribution in [2.45, 2.75) is 33.1 Å². The predicted molar refractivity (Wildman–Crippen MR) is 84.8 cm³/mol. The minimum atomic E-state index is 0.313. The van der Waals surface area contributed by atoms with Crippen LogP contribution in [0.5, 0.6) is 0 Å². The molecule has 2 aromatic heterocycles. The second-order valence-corrected chi connectivity index (χ2v) is 5.83. The molecule has 0 radical (unpaired) electrons. The summed E-state index contributed by atoms with van der Waals surface area (Å²) in [5, 5.41) is 3.34. The van der Waals surface area contributed by atoms with E-state index in [1.807, 2.05) is 17.8 Å². The number of nitrogens with zero attached hydrogens (tertiary/aromatic N) is 4. The Balaban J connectivity index is 2.53. The van der Waals surface area contributed by atoms with Gasteiger partial charge in [0.1, 0.15) is 5.82 Å². The van der Waals surface area contributed by atoms with Gasteiger partial charge in [-0.25, -0.2) is 15.0 Å². The number of anilines is 1. The lowest BCUT2D eigenvalue weighted by Crippen LogP contribution is -2.09. The molecule has 2 rings (SSSR count). The molecule has 0 amide bonds. The Morgan fingerprint density at radius 3 is 2.65 bits per heavy atom. The second-order valence-electron chi connectivity index (χ2n) is 5.04. The molecule has 0 unspecified atom stereocenters. The van der Waals surface area contributed by atoms with E-state index in [0.717, 1.165) is 34.8 Å². The van der Waals surface area contributed by atoms with Crippen LogP contribution < -0.4 is 5.32 Å². The first-order valence-corrected chi connectivity index (χ1v) is 7.62. The van der Waals surface area contributed by atoms with E-state index in [-0.39, 0.29) is 0 Å². The average molecular weight is 338 g/mol. The largest absolute Gasteiger partial charge is 0.369 e. The summed E-state index contributed by atoms with van der Waals surface area (Å²) in [4.78, 5) is 13.6. The number of imidazole rings is 1. The fraction of sp³-hybridized carbons (Fsp3) is 0.500. The van der Waals surface area contributed by atoms with Crippen LogP contribution in [0, 0.1) is 0 Å². The Morgan fingerprint density at radius 1 is 1.35 bits per heavy atom. The molecular formula is C14H20BrN5. The summed E-state index contributed by atoms with van der Waals surface area (Å²) in [5.41, 5.74) is 0.997. The molecule has 0 aromatic carbocycles. The summed E-state index contributed by atoms with van der Waals surface area (Å²) in [6.45, 7) is 7.26. The van der Waals surface area contributed by atoms with Crippen molar-refractivity contribution in [3.8, 4) is 11.6 Å². The van der Waals surface area contributed by atoms with Gasteiger partial charge in [-0.1, -0.05) is 20.8 Å². The molecule has 108 valence electrons. The SMILES string of the molecule is CCCNc1nc(-c2nccn2C)nc(C(C)C)c1Br. The zero-order chi connectivity index (χ0) is 14.7. The van der Waals surface area contributed by atoms with Crippen molar-refractivity contribution in [3.05, 3.63) is 22.6 Å². The quantitative estimate of drug-likeness (QED) is 0.905. The number of nitrogens with one attached hydrogen (secondary N) is 1. The van der Waals surface area contributed by atoms with Gasteiger partial charge in [-0.05, 0) is 28.3 Å². The zero-order valence-electron chi connectivity index (χ0n) is 12.3. The minimum absolute atomic E-state index is 0.313. The van der Waals surface area contributed by atoms with E-state index < -0.39 is 0 Å². The van der Waals surface area contributed by atoms with Crippen LogP contribution >= 0.6 is 15.9 Å². The fourth-order valence-corrected chi connectivity index (χ4v) is 2.66. The first kappa shape index (κ1) is 15.0. The smallest absolute Gasteiger partial charge is 0.198 e. The Labute approximate surface area is 128 Å². The van der Waals surface area contributed by atoms with Crippen LogP contribution in [-0.4, -0.2) is 26.1 Å². The van der Waals surface area contributed by atoms with Crippen molar-refractivity contribution in [1.82, 2.24) is 19.5 Å². The molecule has 2 heterocycles. The highest BCUT2D eigenvalue weighted by atomic mass is 79.9. The highest BCUT2D eigenvalue weighted by molar-refractivity contribution is 9.10. The Bertz CT molecular complexity index is 591. The van der Waals surface area contributed by atoms with Crippen LogP contribution in [0.4, 0.5) is 5.82 Å². The summed E-state index contributed by atoms with van der Waals surface area (Å²) >= 11 is 3.61. The molecule has 0 aliphatic carbocycles. The van der Waals surface area contributed by atoms with Gasteiger partial charge in [0.15, 0.2) is 11.6 Å². The first-order chi connectivity index (χ1) is 9.54. The van der Waals surface area contributed by atoms with E-state index in [4.69, 9.17) is 0 Å². The maximum absolute atomic E-state index is 4.66. The molecule has 1 N–H and O–H groups in total. The molecule has 0 aliphatic heterocycles. The van der Waals surface area contributed by atoms with Crippen LogP contribution in [0.15, 0.2) is 16.9 Å².